The van der Waals surface area contributed by atoms with Crippen LogP contribution in [0.4, 0.5) is 0 Å². The molecule has 0 radical (unpaired) electrons. The predicted molar refractivity (Wildman–Crippen MR) is 44.0 cm³/mol. The average Bonchev–Trinajstić information content (AvgIpc) is 2.81. The van der Waals surface area contributed by atoms with Crippen LogP contribution in [0, 0.1) is 0 Å². The van der Waals surface area contributed by atoms with Gasteiger partial charge in [0.1, 0.15) is 30.5 Å². The molecule has 2 rings (SSSR count). The molecule has 1 aliphatic heterocycles. The van der Waals surface area contributed by atoms with Crippen molar-refractivity contribution in [2.75, 3.05) is 6.61 Å². The van der Waals surface area contributed by atoms with Gasteiger partial charge in [0.25, 0.3) is 0 Å². The van der Waals surface area contributed by atoms with Crippen LogP contribution in [0.1, 0.15) is 6.42 Å². The lowest BCUT2D eigenvalue weighted by atomic mass is 9.93. The lowest BCUT2D eigenvalue weighted by Crippen LogP contribution is -3.00. The van der Waals surface area contributed by atoms with Gasteiger partial charge in [-0.2, -0.15) is 0 Å². The van der Waals surface area contributed by atoms with Gasteiger partial charge in [-0.15, -0.1) is 0 Å². The molecule has 0 bridgehead atoms. The van der Waals surface area contributed by atoms with Gasteiger partial charge in [-0.1, -0.05) is 0 Å². The van der Waals surface area contributed by atoms with Crippen molar-refractivity contribution in [3.05, 3.63) is 0 Å². The molecule has 0 aromatic carbocycles. The maximum Gasteiger partial charge on any atom is 0.154 e. The highest BCUT2D eigenvalue weighted by Gasteiger charge is 2.68. The molecular weight excluding hydrogens is 226 g/mol. The maximum absolute atomic E-state index is 9.67. The Balaban J connectivity index is 0.00000112. The van der Waals surface area contributed by atoms with Crippen LogP contribution in [-0.2, 0) is 4.74 Å². The first-order chi connectivity index (χ1) is 6.53. The number of ether oxygens (including phenoxy) is 1. The molecule has 0 aromatic heterocycles. The molecule has 6 nitrogen and oxygen atoms in total. The molecule has 15 heavy (non-hydrogen) atoms. The summed E-state index contributed by atoms with van der Waals surface area (Å²) in [6.45, 7) is -0.376. The number of hydrogen-bond acceptors (Lipinski definition) is 5. The van der Waals surface area contributed by atoms with Crippen molar-refractivity contribution < 1.29 is 43.3 Å². The molecule has 2 fully saturated rings. The summed E-state index contributed by atoms with van der Waals surface area (Å²) >= 11 is 0. The highest BCUT2D eigenvalue weighted by molar-refractivity contribution is 5.16. The van der Waals surface area contributed by atoms with E-state index >= 15 is 0 Å². The van der Waals surface area contributed by atoms with Crippen molar-refractivity contribution in [1.29, 1.82) is 0 Å². The molecule has 1 saturated carbocycles. The molecule has 7 heteroatoms. The van der Waals surface area contributed by atoms with E-state index in [4.69, 9.17) is 9.84 Å². The number of halogens is 1. The van der Waals surface area contributed by atoms with E-state index in [9.17, 15) is 15.3 Å². The third kappa shape index (κ3) is 1.76. The Morgan fingerprint density at radius 2 is 1.80 bits per heavy atom. The van der Waals surface area contributed by atoms with E-state index in [2.05, 4.69) is 5.73 Å². The second-order valence-corrected chi connectivity index (χ2v) is 4.12. The molecule has 0 amide bonds. The third-order valence-corrected chi connectivity index (χ3v) is 3.20. The van der Waals surface area contributed by atoms with E-state index in [1.165, 1.54) is 0 Å². The summed E-state index contributed by atoms with van der Waals surface area (Å²) in [6, 6.07) is -0.0892. The van der Waals surface area contributed by atoms with Gasteiger partial charge in [0.05, 0.1) is 6.61 Å². The maximum atomic E-state index is 9.67. The van der Waals surface area contributed by atoms with Crippen LogP contribution in [0.3, 0.4) is 0 Å². The molecule has 1 saturated heterocycles. The summed E-state index contributed by atoms with van der Waals surface area (Å²) in [5.74, 6) is 0. The van der Waals surface area contributed by atoms with Gasteiger partial charge >= 0.3 is 0 Å². The third-order valence-electron chi connectivity index (χ3n) is 3.20. The van der Waals surface area contributed by atoms with E-state index in [1.807, 2.05) is 0 Å². The minimum Gasteiger partial charge on any atom is -1.00 e. The Kier molecular flexibility index (Phi) is 3.62. The largest absolute Gasteiger partial charge is 1.00 e. The van der Waals surface area contributed by atoms with Crippen LogP contribution in [-0.4, -0.2) is 63.1 Å². The summed E-state index contributed by atoms with van der Waals surface area (Å²) in [7, 11) is 0. The zero-order valence-corrected chi connectivity index (χ0v) is 8.84. The predicted octanol–water partition coefficient (Wildman–Crippen LogP) is -6.78. The summed E-state index contributed by atoms with van der Waals surface area (Å²) in [6.07, 6.45) is -3.92. The summed E-state index contributed by atoms with van der Waals surface area (Å²) in [5, 5.41) is 37.5. The summed E-state index contributed by atoms with van der Waals surface area (Å²) < 4.78 is 5.37. The average molecular weight is 242 g/mol. The monoisotopic (exact) mass is 241 g/mol. The molecule has 0 unspecified atom stereocenters. The van der Waals surface area contributed by atoms with Gasteiger partial charge in [0, 0.05) is 6.42 Å². The molecule has 1 spiro atoms. The summed E-state index contributed by atoms with van der Waals surface area (Å²) in [4.78, 5) is 0. The molecule has 0 aromatic rings. The number of rotatable bonds is 1. The van der Waals surface area contributed by atoms with Gasteiger partial charge in [-0.25, -0.2) is 0 Å². The van der Waals surface area contributed by atoms with E-state index in [0.29, 0.717) is 6.42 Å². The van der Waals surface area contributed by atoms with Crippen LogP contribution >= 0.6 is 0 Å². The Morgan fingerprint density at radius 1 is 1.27 bits per heavy atom. The van der Waals surface area contributed by atoms with Crippen LogP contribution in [0.5, 0.6) is 0 Å². The van der Waals surface area contributed by atoms with Crippen molar-refractivity contribution in [2.45, 2.75) is 42.5 Å². The molecular formula is C8H16ClNO5. The Hall–Kier alpha value is 0.0500. The van der Waals surface area contributed by atoms with Gasteiger partial charge < -0.3 is 43.3 Å². The Bertz CT molecular complexity index is 241. The first-order valence-corrected chi connectivity index (χ1v) is 4.69. The first kappa shape index (κ1) is 13.1. The van der Waals surface area contributed by atoms with Crippen LogP contribution in [0.2, 0.25) is 0 Å². The normalized spacial score (nSPS) is 53.8. The fourth-order valence-corrected chi connectivity index (χ4v) is 2.10. The highest BCUT2D eigenvalue weighted by atomic mass is 35.5. The number of quaternary nitrogens is 1. The van der Waals surface area contributed by atoms with Crippen molar-refractivity contribution in [2.24, 2.45) is 0 Å². The lowest BCUT2D eigenvalue weighted by Gasteiger charge is -2.40. The molecule has 2 aliphatic rings. The topological polar surface area (TPSA) is 118 Å². The van der Waals surface area contributed by atoms with E-state index in [0.717, 1.165) is 0 Å². The van der Waals surface area contributed by atoms with Crippen LogP contribution < -0.4 is 18.1 Å². The molecule has 90 valence electrons. The van der Waals surface area contributed by atoms with E-state index in [-0.39, 0.29) is 25.1 Å². The van der Waals surface area contributed by atoms with Crippen LogP contribution in [0.25, 0.3) is 0 Å². The standard InChI is InChI=1S/C8H15NO5.ClH/c9-4-1-8(4)7(13)6(12)5(11)3(2-10)14-8;/h3-7,10-13H,1-2,9H2;1H/t3-,4-,5-,6+,7+,8-;/m1./s1. The van der Waals surface area contributed by atoms with Crippen molar-refractivity contribution in [3.8, 4) is 0 Å². The fourth-order valence-electron chi connectivity index (χ4n) is 2.10. The van der Waals surface area contributed by atoms with Crippen molar-refractivity contribution in [3.63, 3.8) is 0 Å². The van der Waals surface area contributed by atoms with Crippen LogP contribution in [0.15, 0.2) is 0 Å². The minimum absolute atomic E-state index is 0. The number of aliphatic hydroxyl groups is 4. The smallest absolute Gasteiger partial charge is 0.154 e. The Labute approximate surface area is 93.1 Å². The minimum atomic E-state index is -1.27. The fraction of sp³-hybridized carbons (Fsp3) is 1.00. The van der Waals surface area contributed by atoms with Crippen molar-refractivity contribution in [1.82, 2.24) is 0 Å². The molecule has 7 N–H and O–H groups in total. The molecule has 6 atom stereocenters. The second-order valence-electron chi connectivity index (χ2n) is 4.12. The second kappa shape index (κ2) is 4.14. The quantitative estimate of drug-likeness (QED) is 0.313. The lowest BCUT2D eigenvalue weighted by molar-refractivity contribution is -0.411. The number of aliphatic hydroxyl groups excluding tert-OH is 4. The van der Waals surface area contributed by atoms with Crippen molar-refractivity contribution >= 4 is 0 Å². The SMILES string of the molecule is [Cl-].[NH3+][C@@H]1C[C@@]12O[C@H](CO)[C@@H](O)[C@H](O)[C@@H]2O. The molecule has 1 heterocycles. The van der Waals surface area contributed by atoms with Gasteiger partial charge in [-0.05, 0) is 0 Å². The van der Waals surface area contributed by atoms with Gasteiger partial charge in [-0.3, -0.25) is 0 Å². The zero-order valence-electron chi connectivity index (χ0n) is 8.08. The van der Waals surface area contributed by atoms with Gasteiger partial charge in [0.15, 0.2) is 5.60 Å². The Morgan fingerprint density at radius 3 is 2.20 bits per heavy atom. The molecule has 1 aliphatic carbocycles. The van der Waals surface area contributed by atoms with E-state index in [1.54, 1.807) is 0 Å². The van der Waals surface area contributed by atoms with E-state index < -0.39 is 30.0 Å². The summed E-state index contributed by atoms with van der Waals surface area (Å²) in [5.41, 5.74) is 2.89. The van der Waals surface area contributed by atoms with Gasteiger partial charge in [0.2, 0.25) is 0 Å². The zero-order chi connectivity index (χ0) is 10.5. The number of hydrogen-bond donors (Lipinski definition) is 5. The first-order valence-electron chi connectivity index (χ1n) is 4.69. The highest BCUT2D eigenvalue weighted by Crippen LogP contribution is 2.46.